The van der Waals surface area contributed by atoms with Gasteiger partial charge in [-0.25, -0.2) is 5.01 Å². The minimum absolute atomic E-state index is 0.0425. The molecule has 13 heavy (non-hydrogen) atoms. The zero-order chi connectivity index (χ0) is 9.84. The molecule has 0 spiro atoms. The Bertz CT molecular complexity index is 233. The Morgan fingerprint density at radius 3 is 2.46 bits per heavy atom. The number of nitro groups is 1. The van der Waals surface area contributed by atoms with E-state index in [0.717, 1.165) is 10.0 Å². The molecule has 1 fully saturated rings. The van der Waals surface area contributed by atoms with Gasteiger partial charge in [0.05, 0.1) is 23.7 Å². The van der Waals surface area contributed by atoms with Crippen LogP contribution < -0.4 is 0 Å². The fraction of sp³-hybridized carbons (Fsp3) is 1.00. The van der Waals surface area contributed by atoms with Gasteiger partial charge in [0.15, 0.2) is 0 Å². The lowest BCUT2D eigenvalue weighted by molar-refractivity contribution is -0.555. The Kier molecular flexibility index (Phi) is 2.67. The highest BCUT2D eigenvalue weighted by molar-refractivity contribution is 4.70. The minimum Gasteiger partial charge on any atom is -0.262 e. The maximum atomic E-state index is 10.4. The van der Waals surface area contributed by atoms with Gasteiger partial charge >= 0.3 is 6.17 Å². The van der Waals surface area contributed by atoms with Gasteiger partial charge in [0.25, 0.3) is 0 Å². The van der Waals surface area contributed by atoms with Gasteiger partial charge in [-0.05, 0) is 0 Å². The first-order valence-corrected chi connectivity index (χ1v) is 3.50. The second kappa shape index (κ2) is 3.74. The highest BCUT2D eigenvalue weighted by Gasteiger charge is 2.35. The number of nitroso groups, excluding NO2 is 2. The van der Waals surface area contributed by atoms with Crippen LogP contribution in [0.4, 0.5) is 0 Å². The molecule has 0 N–H and O–H groups in total. The molecule has 0 saturated carbocycles. The first kappa shape index (κ1) is 9.29. The quantitative estimate of drug-likeness (QED) is 0.338. The fourth-order valence-corrected chi connectivity index (χ4v) is 1.09. The van der Waals surface area contributed by atoms with E-state index >= 15 is 0 Å². The normalized spacial score (nSPS) is 22.6. The summed E-state index contributed by atoms with van der Waals surface area (Å²) in [5.74, 6) is 0. The van der Waals surface area contributed by atoms with Crippen molar-refractivity contribution in [1.82, 2.24) is 10.0 Å². The molecule has 0 unspecified atom stereocenters. The van der Waals surface area contributed by atoms with E-state index in [0.29, 0.717) is 0 Å². The van der Waals surface area contributed by atoms with Crippen molar-refractivity contribution in [1.29, 1.82) is 0 Å². The summed E-state index contributed by atoms with van der Waals surface area (Å²) in [5, 5.41) is 17.2. The van der Waals surface area contributed by atoms with Crippen molar-refractivity contribution in [2.75, 3.05) is 19.6 Å². The molecule has 0 aromatic carbocycles. The molecule has 1 aliphatic heterocycles. The van der Waals surface area contributed by atoms with Crippen LogP contribution in [-0.4, -0.2) is 40.7 Å². The Hall–Kier alpha value is -1.80. The van der Waals surface area contributed by atoms with E-state index in [1.54, 1.807) is 0 Å². The Balaban J connectivity index is 2.67. The van der Waals surface area contributed by atoms with Crippen LogP contribution in [0.5, 0.6) is 0 Å². The zero-order valence-electron chi connectivity index (χ0n) is 6.57. The molecule has 0 radical (unpaired) electrons. The molecule has 9 nitrogen and oxygen atoms in total. The predicted molar refractivity (Wildman–Crippen MR) is 40.7 cm³/mol. The number of hydrogen-bond acceptors (Lipinski definition) is 6. The first-order valence-electron chi connectivity index (χ1n) is 3.50. The molecule has 0 amide bonds. The first-order chi connectivity index (χ1) is 6.19. The predicted octanol–water partition coefficient (Wildman–Crippen LogP) is -0.430. The van der Waals surface area contributed by atoms with E-state index in [1.807, 2.05) is 0 Å². The molecule has 1 rings (SSSR count). The van der Waals surface area contributed by atoms with Gasteiger partial charge in [0.1, 0.15) is 6.54 Å². The van der Waals surface area contributed by atoms with Gasteiger partial charge in [-0.3, -0.25) is 10.1 Å². The minimum atomic E-state index is -1.27. The highest BCUT2D eigenvalue weighted by atomic mass is 16.6. The SMILES string of the molecule is O=NN1CCN(N=O)[C@@H]([N+](=O)[O-])C1. The zero-order valence-corrected chi connectivity index (χ0v) is 6.57. The van der Waals surface area contributed by atoms with Gasteiger partial charge in [-0.2, -0.15) is 5.01 Å². The summed E-state index contributed by atoms with van der Waals surface area (Å²) in [4.78, 5) is 29.9. The van der Waals surface area contributed by atoms with Crippen LogP contribution in [0, 0.1) is 19.9 Å². The lowest BCUT2D eigenvalue weighted by Gasteiger charge is -2.28. The number of hydrogen-bond donors (Lipinski definition) is 0. The molecular formula is C4H7N5O4. The van der Waals surface area contributed by atoms with Crippen LogP contribution in [0.3, 0.4) is 0 Å². The van der Waals surface area contributed by atoms with E-state index in [1.165, 1.54) is 0 Å². The molecule has 1 heterocycles. The molecule has 9 heteroatoms. The second-order valence-electron chi connectivity index (χ2n) is 2.50. The van der Waals surface area contributed by atoms with E-state index in [4.69, 9.17) is 0 Å². The maximum Gasteiger partial charge on any atom is 0.322 e. The molecule has 0 aromatic heterocycles. The van der Waals surface area contributed by atoms with E-state index in [2.05, 4.69) is 10.6 Å². The molecule has 0 aliphatic carbocycles. The smallest absolute Gasteiger partial charge is 0.262 e. The van der Waals surface area contributed by atoms with E-state index in [-0.39, 0.29) is 19.6 Å². The molecule has 72 valence electrons. The molecule has 1 saturated heterocycles. The van der Waals surface area contributed by atoms with Crippen LogP contribution in [0.1, 0.15) is 0 Å². The Morgan fingerprint density at radius 1 is 1.31 bits per heavy atom. The topological polar surface area (TPSA) is 108 Å². The van der Waals surface area contributed by atoms with Crippen molar-refractivity contribution in [2.45, 2.75) is 6.17 Å². The molecule has 0 aromatic rings. The Labute approximate surface area is 72.3 Å². The van der Waals surface area contributed by atoms with E-state index in [9.17, 15) is 19.9 Å². The lowest BCUT2D eigenvalue weighted by atomic mass is 10.3. The van der Waals surface area contributed by atoms with Crippen LogP contribution in [-0.2, 0) is 0 Å². The van der Waals surface area contributed by atoms with Crippen molar-refractivity contribution < 1.29 is 4.92 Å². The summed E-state index contributed by atoms with van der Waals surface area (Å²) in [5.41, 5.74) is 0. The highest BCUT2D eigenvalue weighted by Crippen LogP contribution is 2.10. The summed E-state index contributed by atoms with van der Waals surface area (Å²) in [6.07, 6.45) is -1.27. The average molecular weight is 189 g/mol. The standard InChI is InChI=1S/C4H7N5O4/c10-5-7-1-2-8(6-11)4(3-7)9(12)13/h4H,1-3H2/t4-/m0/s1. The summed E-state index contributed by atoms with van der Waals surface area (Å²) in [7, 11) is 0. The Morgan fingerprint density at radius 2 is 2.00 bits per heavy atom. The molecular weight excluding hydrogens is 182 g/mol. The maximum absolute atomic E-state index is 10.4. The van der Waals surface area contributed by atoms with Gasteiger partial charge in [-0.1, -0.05) is 0 Å². The summed E-state index contributed by atoms with van der Waals surface area (Å²) < 4.78 is 0. The van der Waals surface area contributed by atoms with Crippen molar-refractivity contribution >= 4 is 0 Å². The average Bonchev–Trinajstić information content (AvgIpc) is 2.16. The number of nitrogens with zero attached hydrogens (tertiary/aromatic N) is 5. The molecule has 1 aliphatic rings. The second-order valence-corrected chi connectivity index (χ2v) is 2.50. The third-order valence-electron chi connectivity index (χ3n) is 1.77. The third kappa shape index (κ3) is 1.86. The van der Waals surface area contributed by atoms with E-state index < -0.39 is 11.1 Å². The van der Waals surface area contributed by atoms with Gasteiger partial charge in [0, 0.05) is 4.92 Å². The fourth-order valence-electron chi connectivity index (χ4n) is 1.09. The monoisotopic (exact) mass is 189 g/mol. The number of rotatable bonds is 3. The summed E-state index contributed by atoms with van der Waals surface area (Å²) in [6, 6.07) is 0. The van der Waals surface area contributed by atoms with Crippen LogP contribution in [0.2, 0.25) is 0 Å². The molecule has 0 bridgehead atoms. The van der Waals surface area contributed by atoms with Gasteiger partial charge < -0.3 is 0 Å². The van der Waals surface area contributed by atoms with Crippen molar-refractivity contribution in [3.05, 3.63) is 19.9 Å². The van der Waals surface area contributed by atoms with Crippen molar-refractivity contribution in [3.63, 3.8) is 0 Å². The van der Waals surface area contributed by atoms with Crippen LogP contribution in [0.25, 0.3) is 0 Å². The third-order valence-corrected chi connectivity index (χ3v) is 1.77. The lowest BCUT2D eigenvalue weighted by Crippen LogP contribution is -2.52. The van der Waals surface area contributed by atoms with Gasteiger partial charge in [-0.15, -0.1) is 9.81 Å². The van der Waals surface area contributed by atoms with Crippen molar-refractivity contribution in [3.8, 4) is 0 Å². The summed E-state index contributed by atoms with van der Waals surface area (Å²) in [6.45, 7) is 0.0166. The number of piperazine rings is 1. The summed E-state index contributed by atoms with van der Waals surface area (Å²) >= 11 is 0. The van der Waals surface area contributed by atoms with Crippen molar-refractivity contribution in [2.24, 2.45) is 10.6 Å². The van der Waals surface area contributed by atoms with Crippen LogP contribution in [0.15, 0.2) is 10.6 Å². The van der Waals surface area contributed by atoms with Crippen LogP contribution >= 0.6 is 0 Å². The van der Waals surface area contributed by atoms with Gasteiger partial charge in [0.2, 0.25) is 0 Å². The largest absolute Gasteiger partial charge is 0.322 e. The molecule has 1 atom stereocenters.